The van der Waals surface area contributed by atoms with Crippen molar-refractivity contribution in [3.05, 3.63) is 23.8 Å². The van der Waals surface area contributed by atoms with Crippen LogP contribution in [0.4, 0.5) is 0 Å². The first-order chi connectivity index (χ1) is 8.65. The van der Waals surface area contributed by atoms with Crippen LogP contribution < -0.4 is 4.74 Å². The summed E-state index contributed by atoms with van der Waals surface area (Å²) in [5.41, 5.74) is 0.325. The van der Waals surface area contributed by atoms with Crippen LogP contribution >= 0.6 is 0 Å². The van der Waals surface area contributed by atoms with E-state index in [1.165, 1.54) is 6.07 Å². The Morgan fingerprint density at radius 3 is 2.94 bits per heavy atom. The third-order valence-corrected chi connectivity index (χ3v) is 3.58. The van der Waals surface area contributed by atoms with E-state index in [1.54, 1.807) is 19.2 Å². The minimum absolute atomic E-state index is 0.0146. The quantitative estimate of drug-likeness (QED) is 0.894. The van der Waals surface area contributed by atoms with Crippen molar-refractivity contribution < 1.29 is 14.6 Å². The Balaban J connectivity index is 2.18. The lowest BCUT2D eigenvalue weighted by Crippen LogP contribution is -2.28. The second-order valence-corrected chi connectivity index (χ2v) is 4.70. The first-order valence-corrected chi connectivity index (χ1v) is 6.32. The summed E-state index contributed by atoms with van der Waals surface area (Å²) < 4.78 is 5.08. The molecule has 0 aromatic heterocycles. The maximum Gasteiger partial charge on any atom is 0.257 e. The van der Waals surface area contributed by atoms with Gasteiger partial charge in [-0.2, -0.15) is 0 Å². The lowest BCUT2D eigenvalue weighted by atomic mass is 10.1. The highest BCUT2D eigenvalue weighted by molar-refractivity contribution is 5.97. The summed E-state index contributed by atoms with van der Waals surface area (Å²) in [6.45, 7) is 3.70. The van der Waals surface area contributed by atoms with Crippen LogP contribution in [-0.4, -0.2) is 36.1 Å². The Labute approximate surface area is 107 Å². The number of hydrogen-bond donors (Lipinski definition) is 1. The summed E-state index contributed by atoms with van der Waals surface area (Å²) >= 11 is 0. The molecular formula is C14H19NO3. The Hall–Kier alpha value is -1.71. The van der Waals surface area contributed by atoms with Crippen molar-refractivity contribution in [3.8, 4) is 11.5 Å². The maximum absolute atomic E-state index is 12.3. The fourth-order valence-electron chi connectivity index (χ4n) is 2.33. The van der Waals surface area contributed by atoms with Crippen molar-refractivity contribution in [3.63, 3.8) is 0 Å². The number of amides is 1. The van der Waals surface area contributed by atoms with E-state index >= 15 is 0 Å². The van der Waals surface area contributed by atoms with Crippen LogP contribution in [0.3, 0.4) is 0 Å². The van der Waals surface area contributed by atoms with Gasteiger partial charge in [-0.15, -0.1) is 0 Å². The molecule has 4 heteroatoms. The van der Waals surface area contributed by atoms with E-state index in [1.807, 2.05) is 4.90 Å². The van der Waals surface area contributed by atoms with E-state index in [-0.39, 0.29) is 11.7 Å². The van der Waals surface area contributed by atoms with Crippen LogP contribution in [0.25, 0.3) is 0 Å². The number of hydrogen-bond acceptors (Lipinski definition) is 3. The van der Waals surface area contributed by atoms with Crippen LogP contribution in [0.5, 0.6) is 11.5 Å². The summed E-state index contributed by atoms with van der Waals surface area (Å²) in [5.74, 6) is 1.08. The van der Waals surface area contributed by atoms with Gasteiger partial charge in [0.1, 0.15) is 11.5 Å². The Morgan fingerprint density at radius 2 is 2.33 bits per heavy atom. The SMILES string of the molecule is CCC1CCN(C(=O)c2cc(OC)ccc2O)C1. The molecule has 0 bridgehead atoms. The number of carbonyl (C=O) groups is 1. The molecule has 1 heterocycles. The van der Waals surface area contributed by atoms with Gasteiger partial charge in [0, 0.05) is 13.1 Å². The largest absolute Gasteiger partial charge is 0.507 e. The zero-order chi connectivity index (χ0) is 13.1. The van der Waals surface area contributed by atoms with Crippen LogP contribution in [0, 0.1) is 5.92 Å². The molecule has 1 amide bonds. The molecule has 1 saturated heterocycles. The van der Waals surface area contributed by atoms with Crippen molar-refractivity contribution in [2.45, 2.75) is 19.8 Å². The van der Waals surface area contributed by atoms with E-state index < -0.39 is 0 Å². The lowest BCUT2D eigenvalue weighted by molar-refractivity contribution is 0.0783. The Kier molecular flexibility index (Phi) is 3.75. The molecule has 1 atom stereocenters. The average Bonchev–Trinajstić information content (AvgIpc) is 2.87. The van der Waals surface area contributed by atoms with E-state index in [2.05, 4.69) is 6.92 Å². The third kappa shape index (κ3) is 2.42. The van der Waals surface area contributed by atoms with Crippen molar-refractivity contribution in [1.29, 1.82) is 0 Å². The summed E-state index contributed by atoms with van der Waals surface area (Å²) in [4.78, 5) is 14.1. The van der Waals surface area contributed by atoms with Gasteiger partial charge in [0.05, 0.1) is 12.7 Å². The van der Waals surface area contributed by atoms with Gasteiger partial charge in [-0.05, 0) is 30.5 Å². The maximum atomic E-state index is 12.3. The molecule has 1 aromatic carbocycles. The van der Waals surface area contributed by atoms with Gasteiger partial charge in [0.2, 0.25) is 0 Å². The molecule has 0 aliphatic carbocycles. The highest BCUT2D eigenvalue weighted by Gasteiger charge is 2.27. The van der Waals surface area contributed by atoms with Crippen molar-refractivity contribution in [2.75, 3.05) is 20.2 Å². The molecule has 98 valence electrons. The minimum atomic E-state index is -0.109. The van der Waals surface area contributed by atoms with E-state index in [9.17, 15) is 9.90 Å². The standard InChI is InChI=1S/C14H19NO3/c1-3-10-6-7-15(9-10)14(17)12-8-11(18-2)4-5-13(12)16/h4-5,8,10,16H,3,6-7,9H2,1-2H3. The van der Waals surface area contributed by atoms with Gasteiger partial charge in [0.25, 0.3) is 5.91 Å². The third-order valence-electron chi connectivity index (χ3n) is 3.58. The topological polar surface area (TPSA) is 49.8 Å². The molecule has 1 fully saturated rings. The smallest absolute Gasteiger partial charge is 0.257 e. The van der Waals surface area contributed by atoms with Crippen molar-refractivity contribution in [1.82, 2.24) is 4.90 Å². The zero-order valence-electron chi connectivity index (χ0n) is 10.8. The van der Waals surface area contributed by atoms with Crippen LogP contribution in [-0.2, 0) is 0 Å². The molecule has 0 saturated carbocycles. The highest BCUT2D eigenvalue weighted by Crippen LogP contribution is 2.27. The van der Waals surface area contributed by atoms with E-state index in [0.717, 1.165) is 25.9 Å². The van der Waals surface area contributed by atoms with E-state index in [4.69, 9.17) is 4.74 Å². The highest BCUT2D eigenvalue weighted by atomic mass is 16.5. The molecule has 1 unspecified atom stereocenters. The number of rotatable bonds is 3. The molecule has 2 rings (SSSR count). The first-order valence-electron chi connectivity index (χ1n) is 6.32. The molecule has 0 spiro atoms. The van der Waals surface area contributed by atoms with Crippen LogP contribution in [0.15, 0.2) is 18.2 Å². The molecular weight excluding hydrogens is 230 g/mol. The predicted octanol–water partition coefficient (Wildman–Crippen LogP) is 2.27. The van der Waals surface area contributed by atoms with Gasteiger partial charge < -0.3 is 14.7 Å². The van der Waals surface area contributed by atoms with Gasteiger partial charge >= 0.3 is 0 Å². The zero-order valence-corrected chi connectivity index (χ0v) is 10.8. The van der Waals surface area contributed by atoms with Crippen molar-refractivity contribution in [2.24, 2.45) is 5.92 Å². The number of methoxy groups -OCH3 is 1. The predicted molar refractivity (Wildman–Crippen MR) is 69.0 cm³/mol. The van der Waals surface area contributed by atoms with Gasteiger partial charge in [-0.25, -0.2) is 0 Å². The van der Waals surface area contributed by atoms with Gasteiger partial charge in [-0.1, -0.05) is 13.3 Å². The number of carbonyl (C=O) groups excluding carboxylic acids is 1. The first kappa shape index (κ1) is 12.7. The molecule has 1 aliphatic heterocycles. The Bertz CT molecular complexity index is 445. The molecule has 1 N–H and O–H groups in total. The summed E-state index contributed by atoms with van der Waals surface area (Å²) in [7, 11) is 1.55. The monoisotopic (exact) mass is 249 g/mol. The summed E-state index contributed by atoms with van der Waals surface area (Å²) in [6, 6.07) is 4.74. The van der Waals surface area contributed by atoms with Gasteiger partial charge in [0.15, 0.2) is 0 Å². The van der Waals surface area contributed by atoms with Crippen molar-refractivity contribution >= 4 is 5.91 Å². The summed E-state index contributed by atoms with van der Waals surface area (Å²) in [5, 5.41) is 9.78. The number of aromatic hydroxyl groups is 1. The second kappa shape index (κ2) is 5.29. The number of benzene rings is 1. The van der Waals surface area contributed by atoms with Gasteiger partial charge in [-0.3, -0.25) is 4.79 Å². The molecule has 1 aromatic rings. The Morgan fingerprint density at radius 1 is 1.56 bits per heavy atom. The number of nitrogens with zero attached hydrogens (tertiary/aromatic N) is 1. The fraction of sp³-hybridized carbons (Fsp3) is 0.500. The average molecular weight is 249 g/mol. The minimum Gasteiger partial charge on any atom is -0.507 e. The molecule has 4 nitrogen and oxygen atoms in total. The molecule has 18 heavy (non-hydrogen) atoms. The molecule has 1 aliphatic rings. The normalized spacial score (nSPS) is 19.0. The number of ether oxygens (including phenoxy) is 1. The van der Waals surface area contributed by atoms with Crippen LogP contribution in [0.2, 0.25) is 0 Å². The van der Waals surface area contributed by atoms with E-state index in [0.29, 0.717) is 17.2 Å². The lowest BCUT2D eigenvalue weighted by Gasteiger charge is -2.17. The number of likely N-dealkylation sites (tertiary alicyclic amines) is 1. The van der Waals surface area contributed by atoms with Crippen LogP contribution in [0.1, 0.15) is 30.1 Å². The number of phenols is 1. The second-order valence-electron chi connectivity index (χ2n) is 4.70. The molecule has 0 radical (unpaired) electrons. The fourth-order valence-corrected chi connectivity index (χ4v) is 2.33. The number of phenolic OH excluding ortho intramolecular Hbond substituents is 1. The summed E-state index contributed by atoms with van der Waals surface area (Å²) in [6.07, 6.45) is 2.14.